The molecule has 3 fully saturated rings. The summed E-state index contributed by atoms with van der Waals surface area (Å²) in [5, 5.41) is 39.7. The first kappa shape index (κ1) is 22.6. The van der Waals surface area contributed by atoms with Gasteiger partial charge in [0.2, 0.25) is 0 Å². The summed E-state index contributed by atoms with van der Waals surface area (Å²) in [7, 11) is 3.00. The summed E-state index contributed by atoms with van der Waals surface area (Å²) < 4.78 is 34.3. The number of thioether (sulfide) groups is 1. The summed E-state index contributed by atoms with van der Waals surface area (Å²) in [6, 6.07) is 0. The largest absolute Gasteiger partial charge is 0.394 e. The summed E-state index contributed by atoms with van der Waals surface area (Å²) in [6.45, 7) is 3.02. The van der Waals surface area contributed by atoms with Gasteiger partial charge in [-0.3, -0.25) is 0 Å². The third kappa shape index (κ3) is 4.65. The van der Waals surface area contributed by atoms with Gasteiger partial charge in [0.25, 0.3) is 0 Å². The van der Waals surface area contributed by atoms with Crippen molar-refractivity contribution in [1.29, 1.82) is 0 Å². The van der Waals surface area contributed by atoms with Crippen LogP contribution in [0.1, 0.15) is 13.8 Å². The Balaban J connectivity index is 1.79. The first-order valence-corrected chi connectivity index (χ1v) is 10.3. The third-order valence-corrected chi connectivity index (χ3v) is 6.07. The molecule has 10 nitrogen and oxygen atoms in total. The van der Waals surface area contributed by atoms with Crippen LogP contribution in [0.3, 0.4) is 0 Å². The Morgan fingerprint density at radius 3 is 2.18 bits per heavy atom. The van der Waals surface area contributed by atoms with Gasteiger partial charge in [0.05, 0.1) is 6.61 Å². The molecule has 0 unspecified atom stereocenters. The lowest BCUT2D eigenvalue weighted by Gasteiger charge is -2.41. The molecule has 0 amide bonds. The smallest absolute Gasteiger partial charge is 0.187 e. The minimum absolute atomic E-state index is 0.0618. The number of hydrogen-bond donors (Lipinski definition) is 4. The lowest BCUT2D eigenvalue weighted by molar-refractivity contribution is -0.318. The summed E-state index contributed by atoms with van der Waals surface area (Å²) in [6.07, 6.45) is -9.19. The average molecular weight is 426 g/mol. The van der Waals surface area contributed by atoms with Gasteiger partial charge in [0.1, 0.15) is 42.7 Å². The van der Waals surface area contributed by atoms with E-state index in [0.717, 1.165) is 5.75 Å². The van der Waals surface area contributed by atoms with E-state index in [-0.39, 0.29) is 5.25 Å². The Hall–Kier alpha value is -0.0500. The maximum absolute atomic E-state index is 10.3. The highest BCUT2D eigenvalue weighted by atomic mass is 32.2. The Bertz CT molecular complexity index is 512. The van der Waals surface area contributed by atoms with Crippen molar-refractivity contribution in [2.45, 2.75) is 80.2 Å². The molecule has 3 rings (SSSR count). The molecule has 11 heteroatoms. The third-order valence-electron chi connectivity index (χ3n) is 5.09. The first-order chi connectivity index (χ1) is 13.2. The Morgan fingerprint density at radius 2 is 1.64 bits per heavy atom. The maximum atomic E-state index is 10.3. The molecule has 3 heterocycles. The van der Waals surface area contributed by atoms with Crippen molar-refractivity contribution in [2.75, 3.05) is 26.6 Å². The predicted octanol–water partition coefficient (Wildman–Crippen LogP) is -1.57. The number of ether oxygens (including phenoxy) is 6. The molecule has 3 aliphatic heterocycles. The van der Waals surface area contributed by atoms with Gasteiger partial charge in [0.15, 0.2) is 18.4 Å². The minimum Gasteiger partial charge on any atom is -0.394 e. The zero-order valence-corrected chi connectivity index (χ0v) is 17.2. The molecule has 0 aromatic rings. The topological polar surface area (TPSA) is 136 Å². The molecule has 0 saturated carbocycles. The van der Waals surface area contributed by atoms with Crippen molar-refractivity contribution >= 4 is 11.8 Å². The summed E-state index contributed by atoms with van der Waals surface area (Å²) in [5.41, 5.74) is 0. The van der Waals surface area contributed by atoms with E-state index in [1.165, 1.54) is 14.2 Å². The van der Waals surface area contributed by atoms with Gasteiger partial charge in [-0.15, -0.1) is 0 Å². The maximum Gasteiger partial charge on any atom is 0.187 e. The van der Waals surface area contributed by atoms with Crippen LogP contribution in [0, 0.1) is 0 Å². The Labute approximate surface area is 168 Å². The molecule has 4 N–H and O–H groups in total. The molecule has 0 radical (unpaired) electrons. The van der Waals surface area contributed by atoms with Gasteiger partial charge in [-0.2, -0.15) is 11.8 Å². The quantitative estimate of drug-likeness (QED) is 0.265. The fourth-order valence-corrected chi connectivity index (χ4v) is 4.31. The van der Waals surface area contributed by atoms with Crippen molar-refractivity contribution < 1.29 is 48.8 Å². The molecular weight excluding hydrogens is 396 g/mol. The molecule has 0 aromatic carbocycles. The van der Waals surface area contributed by atoms with E-state index >= 15 is 0 Å². The van der Waals surface area contributed by atoms with Gasteiger partial charge < -0.3 is 48.8 Å². The van der Waals surface area contributed by atoms with E-state index in [0.29, 0.717) is 0 Å². The number of methoxy groups -OCH3 is 2. The highest BCUT2D eigenvalue weighted by molar-refractivity contribution is 8.06. The molecule has 0 aliphatic carbocycles. The zero-order valence-electron chi connectivity index (χ0n) is 16.3. The monoisotopic (exact) mass is 426 g/mol. The van der Waals surface area contributed by atoms with Crippen LogP contribution in [0.2, 0.25) is 0 Å². The van der Waals surface area contributed by atoms with Crippen LogP contribution in [0.15, 0.2) is 0 Å². The van der Waals surface area contributed by atoms with Gasteiger partial charge in [-0.25, -0.2) is 0 Å². The summed E-state index contributed by atoms with van der Waals surface area (Å²) in [5.74, 6) is -0.0824. The van der Waals surface area contributed by atoms with Crippen LogP contribution >= 0.6 is 11.8 Å². The van der Waals surface area contributed by atoms with Crippen LogP contribution in [0.25, 0.3) is 0 Å². The number of hydrogen-bond acceptors (Lipinski definition) is 11. The lowest BCUT2D eigenvalue weighted by Crippen LogP contribution is -2.61. The summed E-state index contributed by atoms with van der Waals surface area (Å²) in [4.78, 5) is 0. The Kier molecular flexibility index (Phi) is 7.26. The molecule has 3 aliphatic rings. The van der Waals surface area contributed by atoms with E-state index in [1.807, 2.05) is 0 Å². The lowest BCUT2D eigenvalue weighted by atomic mass is 9.99. The van der Waals surface area contributed by atoms with Crippen LogP contribution in [-0.4, -0.2) is 113 Å². The normalized spacial score (nSPS) is 44.0. The SMILES string of the molecule is COC(OC)[C@@H]1OC(C)(C)O[C@H]1[C@H](O[C@@H]1O[C@H](CO)[C@@H](O)[C@H](O)[C@H]1O)[C@@H]1CS1. The molecule has 9 atom stereocenters. The fraction of sp³-hybridized carbons (Fsp3) is 1.00. The van der Waals surface area contributed by atoms with Crippen molar-refractivity contribution in [3.8, 4) is 0 Å². The van der Waals surface area contributed by atoms with E-state index < -0.39 is 67.7 Å². The molecule has 28 heavy (non-hydrogen) atoms. The van der Waals surface area contributed by atoms with Gasteiger partial charge in [-0.05, 0) is 13.8 Å². The standard InChI is InChI=1S/C17H30O10S/c1-17(2)26-13(14(27-17)16(22-3)23-4)12(8-6-28-8)25-15-11(21)10(20)9(19)7(5-18)24-15/h7-16,18-21H,5-6H2,1-4H3/t7-,8+,9-,10+,11-,12-,13+,14-,15+/m1/s1. The van der Waals surface area contributed by atoms with Gasteiger partial charge >= 0.3 is 0 Å². The fourth-order valence-electron chi connectivity index (χ4n) is 3.60. The first-order valence-electron chi connectivity index (χ1n) is 9.21. The minimum atomic E-state index is -1.51. The average Bonchev–Trinajstić information content (AvgIpc) is 3.44. The predicted molar refractivity (Wildman–Crippen MR) is 96.5 cm³/mol. The second kappa shape index (κ2) is 8.98. The molecular formula is C17H30O10S. The van der Waals surface area contributed by atoms with Crippen LogP contribution in [-0.2, 0) is 28.4 Å². The highest BCUT2D eigenvalue weighted by Gasteiger charge is 2.55. The van der Waals surface area contributed by atoms with Gasteiger partial charge in [-0.1, -0.05) is 0 Å². The molecule has 164 valence electrons. The highest BCUT2D eigenvalue weighted by Crippen LogP contribution is 2.43. The van der Waals surface area contributed by atoms with Crippen molar-refractivity contribution in [3.63, 3.8) is 0 Å². The van der Waals surface area contributed by atoms with Crippen LogP contribution in [0.4, 0.5) is 0 Å². The molecule has 3 saturated heterocycles. The van der Waals surface area contributed by atoms with Crippen LogP contribution in [0.5, 0.6) is 0 Å². The molecule has 0 aromatic heterocycles. The Morgan fingerprint density at radius 1 is 1.04 bits per heavy atom. The van der Waals surface area contributed by atoms with Crippen molar-refractivity contribution in [1.82, 2.24) is 0 Å². The van der Waals surface area contributed by atoms with E-state index in [4.69, 9.17) is 28.4 Å². The second-order valence-corrected chi connectivity index (χ2v) is 8.85. The molecule has 0 spiro atoms. The number of aliphatic hydroxyl groups excluding tert-OH is 4. The van der Waals surface area contributed by atoms with E-state index in [9.17, 15) is 20.4 Å². The van der Waals surface area contributed by atoms with Crippen molar-refractivity contribution in [3.05, 3.63) is 0 Å². The van der Waals surface area contributed by atoms with Gasteiger partial charge in [0, 0.05) is 25.2 Å². The second-order valence-electron chi connectivity index (χ2n) is 7.57. The number of rotatable bonds is 8. The summed E-state index contributed by atoms with van der Waals surface area (Å²) >= 11 is 1.65. The zero-order chi connectivity index (χ0) is 20.6. The number of aliphatic hydroxyl groups is 4. The van der Waals surface area contributed by atoms with Crippen LogP contribution < -0.4 is 0 Å². The van der Waals surface area contributed by atoms with Crippen molar-refractivity contribution in [2.24, 2.45) is 0 Å². The van der Waals surface area contributed by atoms with E-state index in [2.05, 4.69) is 0 Å². The van der Waals surface area contributed by atoms with E-state index in [1.54, 1.807) is 25.6 Å². The molecule has 0 bridgehead atoms.